The van der Waals surface area contributed by atoms with E-state index in [9.17, 15) is 9.90 Å². The van der Waals surface area contributed by atoms with Gasteiger partial charge in [-0.15, -0.1) is 0 Å². The summed E-state index contributed by atoms with van der Waals surface area (Å²) >= 11 is 0. The number of likely N-dealkylation sites (tertiary alicyclic amines) is 1. The van der Waals surface area contributed by atoms with E-state index >= 15 is 0 Å². The van der Waals surface area contributed by atoms with Crippen LogP contribution in [-0.2, 0) is 9.53 Å². The Kier molecular flexibility index (Phi) is 5.97. The van der Waals surface area contributed by atoms with Crippen molar-refractivity contribution >= 4 is 5.91 Å². The molecule has 0 radical (unpaired) electrons. The molecular formula is C20H29NO4. The first kappa shape index (κ1) is 18.2. The van der Waals surface area contributed by atoms with Crippen molar-refractivity contribution in [1.29, 1.82) is 0 Å². The van der Waals surface area contributed by atoms with Crippen molar-refractivity contribution in [3.05, 3.63) is 29.3 Å². The van der Waals surface area contributed by atoms with E-state index in [1.54, 1.807) is 0 Å². The van der Waals surface area contributed by atoms with Gasteiger partial charge in [-0.05, 0) is 56.4 Å². The monoisotopic (exact) mass is 347 g/mol. The van der Waals surface area contributed by atoms with E-state index in [0.717, 1.165) is 36.3 Å². The summed E-state index contributed by atoms with van der Waals surface area (Å²) in [6, 6.07) is 6.19. The third-order valence-electron chi connectivity index (χ3n) is 5.26. The first-order valence-electron chi connectivity index (χ1n) is 9.31. The molecule has 3 atom stereocenters. The third-order valence-corrected chi connectivity index (χ3v) is 5.26. The molecule has 5 heteroatoms. The molecule has 3 rings (SSSR count). The molecule has 0 unspecified atom stereocenters. The summed E-state index contributed by atoms with van der Waals surface area (Å²) in [5, 5.41) is 10.3. The van der Waals surface area contributed by atoms with Gasteiger partial charge in [-0.3, -0.25) is 4.79 Å². The molecule has 0 aliphatic carbocycles. The Hall–Kier alpha value is -1.59. The predicted molar refractivity (Wildman–Crippen MR) is 95.7 cm³/mol. The zero-order valence-electron chi connectivity index (χ0n) is 15.2. The number of aryl methyl sites for hydroxylation is 2. The van der Waals surface area contributed by atoms with Crippen molar-refractivity contribution in [3.8, 4) is 5.75 Å². The molecule has 138 valence electrons. The highest BCUT2D eigenvalue weighted by atomic mass is 16.5. The van der Waals surface area contributed by atoms with Crippen LogP contribution in [0.5, 0.6) is 5.75 Å². The zero-order chi connectivity index (χ0) is 17.8. The number of rotatable bonds is 5. The topological polar surface area (TPSA) is 59.0 Å². The number of carbonyl (C=O) groups excluding carboxylic acids is 1. The number of hydrogen-bond acceptors (Lipinski definition) is 4. The first-order chi connectivity index (χ1) is 12.0. The number of benzene rings is 1. The lowest BCUT2D eigenvalue weighted by Gasteiger charge is -2.37. The van der Waals surface area contributed by atoms with Crippen LogP contribution in [0.2, 0.25) is 0 Å². The summed E-state index contributed by atoms with van der Waals surface area (Å²) in [7, 11) is 0. The number of aliphatic hydroxyl groups excluding tert-OH is 1. The second-order valence-electron chi connectivity index (χ2n) is 7.31. The molecule has 0 aromatic heterocycles. The molecule has 1 aromatic carbocycles. The number of nitrogens with zero attached hydrogens (tertiary/aromatic N) is 1. The molecule has 0 saturated carbocycles. The van der Waals surface area contributed by atoms with Crippen LogP contribution in [0, 0.1) is 19.8 Å². The standard InChI is InChI=1S/C20H29NO4/c1-14-10-15(2)12-16(11-14)25-9-6-20(23)21-7-3-4-18(21)17-13-24-8-5-19(17)22/h10-12,17-19,22H,3-9,13H2,1-2H3/t17-,18-,19+/m1/s1. The van der Waals surface area contributed by atoms with Crippen molar-refractivity contribution in [2.75, 3.05) is 26.4 Å². The normalized spacial score (nSPS) is 26.7. The van der Waals surface area contributed by atoms with Crippen LogP contribution in [0.3, 0.4) is 0 Å². The minimum absolute atomic E-state index is 0.0422. The average Bonchev–Trinajstić information content (AvgIpc) is 3.03. The van der Waals surface area contributed by atoms with Crippen LogP contribution in [0.25, 0.3) is 0 Å². The largest absolute Gasteiger partial charge is 0.493 e. The Balaban J connectivity index is 1.53. The molecule has 5 nitrogen and oxygen atoms in total. The Morgan fingerprint density at radius 1 is 1.28 bits per heavy atom. The first-order valence-corrected chi connectivity index (χ1v) is 9.31. The van der Waals surface area contributed by atoms with Gasteiger partial charge in [-0.2, -0.15) is 0 Å². The van der Waals surface area contributed by atoms with Crippen molar-refractivity contribution in [2.45, 2.75) is 51.7 Å². The van der Waals surface area contributed by atoms with Gasteiger partial charge < -0.3 is 19.5 Å². The molecule has 0 bridgehead atoms. The summed E-state index contributed by atoms with van der Waals surface area (Å²) in [4.78, 5) is 14.6. The second kappa shape index (κ2) is 8.19. The van der Waals surface area contributed by atoms with Crippen molar-refractivity contribution < 1.29 is 19.4 Å². The van der Waals surface area contributed by atoms with E-state index in [4.69, 9.17) is 9.47 Å². The van der Waals surface area contributed by atoms with Gasteiger partial charge in [-0.25, -0.2) is 0 Å². The van der Waals surface area contributed by atoms with Crippen LogP contribution in [-0.4, -0.2) is 54.4 Å². The van der Waals surface area contributed by atoms with E-state index < -0.39 is 0 Å². The van der Waals surface area contributed by atoms with Crippen molar-refractivity contribution in [2.24, 2.45) is 5.92 Å². The summed E-state index contributed by atoms with van der Waals surface area (Å²) in [5.74, 6) is 0.976. The lowest BCUT2D eigenvalue weighted by molar-refractivity contribution is -0.136. The van der Waals surface area contributed by atoms with E-state index in [-0.39, 0.29) is 24.0 Å². The molecule has 2 heterocycles. The molecule has 1 aromatic rings. The van der Waals surface area contributed by atoms with E-state index in [0.29, 0.717) is 32.7 Å². The molecule has 2 fully saturated rings. The molecule has 2 aliphatic heterocycles. The highest BCUT2D eigenvalue weighted by Gasteiger charge is 2.39. The van der Waals surface area contributed by atoms with Crippen LogP contribution in [0.4, 0.5) is 0 Å². The van der Waals surface area contributed by atoms with Gasteiger partial charge in [0.1, 0.15) is 5.75 Å². The minimum atomic E-state index is -0.362. The highest BCUT2D eigenvalue weighted by Crippen LogP contribution is 2.30. The zero-order valence-corrected chi connectivity index (χ0v) is 15.2. The Morgan fingerprint density at radius 3 is 2.76 bits per heavy atom. The molecular weight excluding hydrogens is 318 g/mol. The lowest BCUT2D eigenvalue weighted by atomic mass is 9.89. The van der Waals surface area contributed by atoms with Crippen LogP contribution >= 0.6 is 0 Å². The van der Waals surface area contributed by atoms with Gasteiger partial charge in [0.15, 0.2) is 0 Å². The van der Waals surface area contributed by atoms with E-state index in [1.807, 2.05) is 30.9 Å². The summed E-state index contributed by atoms with van der Waals surface area (Å²) in [5.41, 5.74) is 2.32. The molecule has 2 saturated heterocycles. The SMILES string of the molecule is Cc1cc(C)cc(OCCC(=O)N2CCC[C@@H]2[C@H]2COCC[C@@H]2O)c1. The maximum atomic E-state index is 12.7. The maximum absolute atomic E-state index is 12.7. The number of carbonyl (C=O) groups is 1. The average molecular weight is 347 g/mol. The van der Waals surface area contributed by atoms with Gasteiger partial charge in [-0.1, -0.05) is 6.07 Å². The fourth-order valence-electron chi connectivity index (χ4n) is 4.08. The van der Waals surface area contributed by atoms with Crippen LogP contribution in [0.15, 0.2) is 18.2 Å². The highest BCUT2D eigenvalue weighted by molar-refractivity contribution is 5.77. The molecule has 25 heavy (non-hydrogen) atoms. The van der Waals surface area contributed by atoms with Crippen molar-refractivity contribution in [1.82, 2.24) is 4.90 Å². The Labute approximate surface area is 149 Å². The van der Waals surface area contributed by atoms with Crippen LogP contribution < -0.4 is 4.74 Å². The fourth-order valence-corrected chi connectivity index (χ4v) is 4.08. The quantitative estimate of drug-likeness (QED) is 0.889. The van der Waals surface area contributed by atoms with Crippen molar-refractivity contribution in [3.63, 3.8) is 0 Å². The number of hydrogen-bond donors (Lipinski definition) is 1. The minimum Gasteiger partial charge on any atom is -0.493 e. The predicted octanol–water partition coefficient (Wildman–Crippen LogP) is 2.46. The number of ether oxygens (including phenoxy) is 2. The smallest absolute Gasteiger partial charge is 0.226 e. The van der Waals surface area contributed by atoms with E-state index in [1.165, 1.54) is 0 Å². The number of aliphatic hydroxyl groups is 1. The third kappa shape index (κ3) is 4.53. The van der Waals surface area contributed by atoms with Gasteiger partial charge in [0, 0.05) is 25.1 Å². The van der Waals surface area contributed by atoms with Gasteiger partial charge in [0.2, 0.25) is 5.91 Å². The molecule has 2 aliphatic rings. The molecule has 1 amide bonds. The fraction of sp³-hybridized carbons (Fsp3) is 0.650. The lowest BCUT2D eigenvalue weighted by Crippen LogP contribution is -2.48. The Bertz CT molecular complexity index is 583. The molecule has 1 N–H and O–H groups in total. The van der Waals surface area contributed by atoms with Gasteiger partial charge in [0.25, 0.3) is 0 Å². The summed E-state index contributed by atoms with van der Waals surface area (Å²) < 4.78 is 11.3. The van der Waals surface area contributed by atoms with Crippen LogP contribution in [0.1, 0.15) is 36.8 Å². The second-order valence-corrected chi connectivity index (χ2v) is 7.31. The van der Waals surface area contributed by atoms with Gasteiger partial charge >= 0.3 is 0 Å². The molecule has 0 spiro atoms. The summed E-state index contributed by atoms with van der Waals surface area (Å²) in [6.45, 7) is 6.40. The van der Waals surface area contributed by atoms with Gasteiger partial charge in [0.05, 0.1) is 25.7 Å². The summed E-state index contributed by atoms with van der Waals surface area (Å²) in [6.07, 6.45) is 2.62. The maximum Gasteiger partial charge on any atom is 0.226 e. The Morgan fingerprint density at radius 2 is 2.04 bits per heavy atom. The van der Waals surface area contributed by atoms with E-state index in [2.05, 4.69) is 6.07 Å². The number of amides is 1.